The highest BCUT2D eigenvalue weighted by Crippen LogP contribution is 2.43. The Labute approximate surface area is 84.4 Å². The summed E-state index contributed by atoms with van der Waals surface area (Å²) in [7, 11) is 2.04. The summed E-state index contributed by atoms with van der Waals surface area (Å²) in [5.74, 6) is 0. The van der Waals surface area contributed by atoms with Crippen LogP contribution in [0, 0.1) is 0 Å². The molecule has 1 aromatic rings. The van der Waals surface area contributed by atoms with Crippen molar-refractivity contribution in [1.82, 2.24) is 0 Å². The molecule has 13 heavy (non-hydrogen) atoms. The van der Waals surface area contributed by atoms with Gasteiger partial charge in [0.2, 0.25) is 0 Å². The number of hydrogen-bond donors (Lipinski definition) is 0. The van der Waals surface area contributed by atoms with Crippen molar-refractivity contribution >= 4 is 17.4 Å². The first kappa shape index (κ1) is 10.2. The van der Waals surface area contributed by atoms with Crippen molar-refractivity contribution in [2.45, 2.75) is 18.7 Å². The van der Waals surface area contributed by atoms with Crippen molar-refractivity contribution in [1.29, 1.82) is 0 Å². The second-order valence-electron chi connectivity index (χ2n) is 2.52. The summed E-state index contributed by atoms with van der Waals surface area (Å²) in [6.45, 7) is 7.94. The SMILES string of the molecule is C=C1Sc2ccccc2N1C.CC. The number of rotatable bonds is 0. The molecule has 0 fully saturated rings. The molecule has 2 heteroatoms. The quantitative estimate of drug-likeness (QED) is 0.617. The summed E-state index contributed by atoms with van der Waals surface area (Å²) in [6.07, 6.45) is 0. The summed E-state index contributed by atoms with van der Waals surface area (Å²) >= 11 is 1.73. The topological polar surface area (TPSA) is 3.24 Å². The highest BCUT2D eigenvalue weighted by Gasteiger charge is 2.18. The van der Waals surface area contributed by atoms with E-state index >= 15 is 0 Å². The smallest absolute Gasteiger partial charge is 0.0725 e. The number of thioether (sulfide) groups is 1. The van der Waals surface area contributed by atoms with Gasteiger partial charge in [0.15, 0.2) is 0 Å². The van der Waals surface area contributed by atoms with Crippen molar-refractivity contribution in [3.8, 4) is 0 Å². The lowest BCUT2D eigenvalue weighted by Crippen LogP contribution is -2.07. The minimum absolute atomic E-state index is 1.10. The van der Waals surface area contributed by atoms with Crippen LogP contribution in [0.4, 0.5) is 5.69 Å². The minimum Gasteiger partial charge on any atom is -0.339 e. The number of benzene rings is 1. The average Bonchev–Trinajstić information content (AvgIpc) is 2.47. The Balaban J connectivity index is 0.000000396. The molecule has 0 aromatic heterocycles. The molecule has 0 saturated carbocycles. The van der Waals surface area contributed by atoms with E-state index in [1.165, 1.54) is 10.6 Å². The maximum absolute atomic E-state index is 3.94. The standard InChI is InChI=1S/C9H9NS.C2H6/c1-7-10(2)8-5-3-4-6-9(8)11-7;1-2/h3-6H,1H2,2H3;1-2H3. The normalized spacial score (nSPS) is 13.5. The molecule has 0 radical (unpaired) electrons. The molecule has 0 saturated heterocycles. The molecule has 0 spiro atoms. The third-order valence-electron chi connectivity index (χ3n) is 1.83. The van der Waals surface area contributed by atoms with Crippen molar-refractivity contribution in [2.75, 3.05) is 11.9 Å². The first-order chi connectivity index (χ1) is 6.29. The second kappa shape index (κ2) is 4.38. The Hall–Kier alpha value is -0.890. The van der Waals surface area contributed by atoms with Crippen molar-refractivity contribution in [2.24, 2.45) is 0 Å². The highest BCUT2D eigenvalue weighted by atomic mass is 32.2. The first-order valence-electron chi connectivity index (χ1n) is 4.48. The molecule has 1 aliphatic heterocycles. The van der Waals surface area contributed by atoms with Gasteiger partial charge in [-0.05, 0) is 12.1 Å². The molecule has 0 N–H and O–H groups in total. The van der Waals surface area contributed by atoms with Gasteiger partial charge < -0.3 is 4.90 Å². The number of nitrogens with zero attached hydrogens (tertiary/aromatic N) is 1. The number of para-hydroxylation sites is 1. The Morgan fingerprint density at radius 2 is 1.85 bits per heavy atom. The molecular formula is C11H15NS. The van der Waals surface area contributed by atoms with E-state index in [4.69, 9.17) is 0 Å². The maximum atomic E-state index is 3.94. The van der Waals surface area contributed by atoms with Gasteiger partial charge in [-0.3, -0.25) is 0 Å². The fourth-order valence-corrected chi connectivity index (χ4v) is 2.10. The minimum atomic E-state index is 1.10. The van der Waals surface area contributed by atoms with E-state index in [1.54, 1.807) is 11.8 Å². The average molecular weight is 193 g/mol. The van der Waals surface area contributed by atoms with E-state index in [1.807, 2.05) is 20.9 Å². The third kappa shape index (κ3) is 1.89. The van der Waals surface area contributed by atoms with Crippen molar-refractivity contribution in [3.63, 3.8) is 0 Å². The molecule has 0 atom stereocenters. The molecule has 0 amide bonds. The van der Waals surface area contributed by atoms with Crippen molar-refractivity contribution in [3.05, 3.63) is 35.9 Å². The molecule has 0 aliphatic carbocycles. The monoisotopic (exact) mass is 193 g/mol. The summed E-state index contributed by atoms with van der Waals surface area (Å²) in [5, 5.41) is 1.10. The van der Waals surface area contributed by atoms with Crippen LogP contribution in [0.1, 0.15) is 13.8 Å². The molecular weight excluding hydrogens is 178 g/mol. The Kier molecular flexibility index (Phi) is 3.43. The first-order valence-corrected chi connectivity index (χ1v) is 5.30. The zero-order chi connectivity index (χ0) is 9.84. The van der Waals surface area contributed by atoms with Crippen LogP contribution in [0.25, 0.3) is 0 Å². The fraction of sp³-hybridized carbons (Fsp3) is 0.273. The van der Waals surface area contributed by atoms with Crippen molar-refractivity contribution < 1.29 is 0 Å². The molecule has 0 unspecified atom stereocenters. The van der Waals surface area contributed by atoms with Crippen LogP contribution in [0.5, 0.6) is 0 Å². The van der Waals surface area contributed by atoms with E-state index in [0.717, 1.165) is 5.03 Å². The van der Waals surface area contributed by atoms with Gasteiger partial charge in [0.05, 0.1) is 10.7 Å². The zero-order valence-electron chi connectivity index (χ0n) is 8.37. The van der Waals surface area contributed by atoms with Gasteiger partial charge in [0.25, 0.3) is 0 Å². The van der Waals surface area contributed by atoms with Crippen LogP contribution < -0.4 is 4.90 Å². The van der Waals surface area contributed by atoms with Gasteiger partial charge in [-0.15, -0.1) is 0 Å². The van der Waals surface area contributed by atoms with Gasteiger partial charge in [-0.2, -0.15) is 0 Å². The largest absolute Gasteiger partial charge is 0.339 e. The van der Waals surface area contributed by atoms with Gasteiger partial charge in [0.1, 0.15) is 0 Å². The Bertz CT molecular complexity index is 307. The number of hydrogen-bond acceptors (Lipinski definition) is 2. The van der Waals surface area contributed by atoms with Gasteiger partial charge in [-0.1, -0.05) is 44.3 Å². The summed E-state index contributed by atoms with van der Waals surface area (Å²) in [6, 6.07) is 8.34. The zero-order valence-corrected chi connectivity index (χ0v) is 9.19. The van der Waals surface area contributed by atoms with E-state index in [-0.39, 0.29) is 0 Å². The predicted octanol–water partition coefficient (Wildman–Crippen LogP) is 3.73. The molecule has 2 rings (SSSR count). The van der Waals surface area contributed by atoms with Crippen LogP contribution in [0.15, 0.2) is 40.8 Å². The molecule has 1 aliphatic rings. The number of fused-ring (bicyclic) bond motifs is 1. The lowest BCUT2D eigenvalue weighted by molar-refractivity contribution is 1.18. The maximum Gasteiger partial charge on any atom is 0.0725 e. The van der Waals surface area contributed by atoms with Gasteiger partial charge >= 0.3 is 0 Å². The lowest BCUT2D eigenvalue weighted by atomic mass is 10.3. The lowest BCUT2D eigenvalue weighted by Gasteiger charge is -2.10. The van der Waals surface area contributed by atoms with Crippen LogP contribution >= 0.6 is 11.8 Å². The van der Waals surface area contributed by atoms with Crippen LogP contribution in [-0.4, -0.2) is 7.05 Å². The van der Waals surface area contributed by atoms with Crippen LogP contribution in [0.3, 0.4) is 0 Å². The number of anilines is 1. The predicted molar refractivity (Wildman–Crippen MR) is 61.2 cm³/mol. The molecule has 0 bridgehead atoms. The van der Waals surface area contributed by atoms with E-state index in [2.05, 4.69) is 35.7 Å². The molecule has 70 valence electrons. The summed E-state index contributed by atoms with van der Waals surface area (Å²) in [4.78, 5) is 3.42. The second-order valence-corrected chi connectivity index (χ2v) is 3.64. The summed E-state index contributed by atoms with van der Waals surface area (Å²) in [5.41, 5.74) is 1.27. The Morgan fingerprint density at radius 1 is 1.23 bits per heavy atom. The third-order valence-corrected chi connectivity index (χ3v) is 2.90. The molecule has 1 nitrogen and oxygen atoms in total. The highest BCUT2D eigenvalue weighted by molar-refractivity contribution is 8.03. The van der Waals surface area contributed by atoms with Gasteiger partial charge in [-0.25, -0.2) is 0 Å². The fourth-order valence-electron chi connectivity index (χ4n) is 1.15. The summed E-state index contributed by atoms with van der Waals surface area (Å²) < 4.78 is 0. The van der Waals surface area contributed by atoms with Gasteiger partial charge in [0, 0.05) is 11.9 Å². The molecule has 1 aromatic carbocycles. The van der Waals surface area contributed by atoms with E-state index < -0.39 is 0 Å². The van der Waals surface area contributed by atoms with E-state index in [0.29, 0.717) is 0 Å². The Morgan fingerprint density at radius 3 is 2.46 bits per heavy atom. The van der Waals surface area contributed by atoms with Crippen LogP contribution in [0.2, 0.25) is 0 Å². The van der Waals surface area contributed by atoms with E-state index in [9.17, 15) is 0 Å². The molecule has 1 heterocycles. The van der Waals surface area contributed by atoms with Crippen LogP contribution in [-0.2, 0) is 0 Å².